The minimum Gasteiger partial charge on any atom is -0.341 e. The van der Waals surface area contributed by atoms with Crippen molar-refractivity contribution in [2.24, 2.45) is 0 Å². The highest BCUT2D eigenvalue weighted by atomic mass is 16.2. The van der Waals surface area contributed by atoms with E-state index in [1.807, 2.05) is 4.90 Å². The fourth-order valence-electron chi connectivity index (χ4n) is 4.46. The van der Waals surface area contributed by atoms with Gasteiger partial charge in [0.1, 0.15) is 5.69 Å². The molecule has 130 valence electrons. The van der Waals surface area contributed by atoms with Gasteiger partial charge in [-0.05, 0) is 58.2 Å². The summed E-state index contributed by atoms with van der Waals surface area (Å²) in [6.45, 7) is 7.39. The maximum atomic E-state index is 13.0. The van der Waals surface area contributed by atoms with E-state index in [1.165, 1.54) is 38.8 Å². The van der Waals surface area contributed by atoms with Crippen molar-refractivity contribution in [2.45, 2.75) is 51.1 Å². The summed E-state index contributed by atoms with van der Waals surface area (Å²) in [7, 11) is 0. The van der Waals surface area contributed by atoms with Crippen molar-refractivity contribution in [3.8, 4) is 0 Å². The van der Waals surface area contributed by atoms with Crippen LogP contribution in [0.5, 0.6) is 0 Å². The molecule has 0 N–H and O–H groups in total. The standard InChI is InChI=1S/C18H27N5O/c1-14-16(21-9-2-3-10-21)7-13-23(14)17(24)15-6-8-19-18(20-15)22-11-4-5-12-22/h6,8,14,16H,2-5,7,9-13H2,1H3. The third kappa shape index (κ3) is 2.88. The lowest BCUT2D eigenvalue weighted by Crippen LogP contribution is -2.44. The predicted octanol–water partition coefficient (Wildman–Crippen LogP) is 1.78. The highest BCUT2D eigenvalue weighted by Gasteiger charge is 2.38. The first-order valence-electron chi connectivity index (χ1n) is 9.37. The second kappa shape index (κ2) is 6.67. The number of carbonyl (C=O) groups excluding carboxylic acids is 1. The van der Waals surface area contributed by atoms with E-state index < -0.39 is 0 Å². The van der Waals surface area contributed by atoms with E-state index in [0.29, 0.717) is 17.7 Å². The summed E-state index contributed by atoms with van der Waals surface area (Å²) in [5.41, 5.74) is 0.542. The van der Waals surface area contributed by atoms with E-state index in [4.69, 9.17) is 0 Å². The molecule has 3 fully saturated rings. The molecule has 0 radical (unpaired) electrons. The molecule has 4 heterocycles. The SMILES string of the molecule is CC1C(N2CCCC2)CCN1C(=O)c1ccnc(N2CCCC2)n1. The Bertz CT molecular complexity index is 595. The van der Waals surface area contributed by atoms with Gasteiger partial charge in [0.05, 0.1) is 0 Å². The van der Waals surface area contributed by atoms with E-state index in [9.17, 15) is 4.79 Å². The third-order valence-electron chi connectivity index (χ3n) is 5.84. The number of amides is 1. The molecule has 6 heteroatoms. The molecule has 4 rings (SSSR count). The summed E-state index contributed by atoms with van der Waals surface area (Å²) in [5, 5.41) is 0. The Morgan fingerprint density at radius 2 is 1.79 bits per heavy atom. The molecular formula is C18H27N5O. The van der Waals surface area contributed by atoms with Gasteiger partial charge in [-0.3, -0.25) is 9.69 Å². The second-order valence-corrected chi connectivity index (χ2v) is 7.27. The van der Waals surface area contributed by atoms with Crippen LogP contribution < -0.4 is 4.90 Å². The molecule has 0 bridgehead atoms. The van der Waals surface area contributed by atoms with Gasteiger partial charge in [-0.25, -0.2) is 9.97 Å². The Hall–Kier alpha value is -1.69. The van der Waals surface area contributed by atoms with E-state index in [1.54, 1.807) is 12.3 Å². The molecule has 1 aromatic rings. The van der Waals surface area contributed by atoms with Crippen molar-refractivity contribution < 1.29 is 4.79 Å². The van der Waals surface area contributed by atoms with Gasteiger partial charge in [0.2, 0.25) is 5.95 Å². The van der Waals surface area contributed by atoms with E-state index in [2.05, 4.69) is 26.7 Å². The molecule has 3 aliphatic heterocycles. The molecule has 3 saturated heterocycles. The van der Waals surface area contributed by atoms with E-state index >= 15 is 0 Å². The number of anilines is 1. The molecule has 3 aliphatic rings. The summed E-state index contributed by atoms with van der Waals surface area (Å²) in [4.78, 5) is 28.7. The Kier molecular flexibility index (Phi) is 4.39. The molecule has 24 heavy (non-hydrogen) atoms. The maximum Gasteiger partial charge on any atom is 0.272 e. The minimum absolute atomic E-state index is 0.0621. The zero-order valence-electron chi connectivity index (χ0n) is 14.5. The first-order valence-corrected chi connectivity index (χ1v) is 9.37. The van der Waals surface area contributed by atoms with E-state index in [-0.39, 0.29) is 11.9 Å². The van der Waals surface area contributed by atoms with Crippen LogP contribution in [-0.2, 0) is 0 Å². The summed E-state index contributed by atoms with van der Waals surface area (Å²) in [6, 6.07) is 2.54. The predicted molar refractivity (Wildman–Crippen MR) is 93.2 cm³/mol. The quantitative estimate of drug-likeness (QED) is 0.846. The number of hydrogen-bond donors (Lipinski definition) is 0. The average Bonchev–Trinajstić information content (AvgIpc) is 3.36. The number of nitrogens with zero attached hydrogens (tertiary/aromatic N) is 5. The number of carbonyl (C=O) groups is 1. The van der Waals surface area contributed by atoms with Gasteiger partial charge >= 0.3 is 0 Å². The molecule has 0 spiro atoms. The normalized spacial score (nSPS) is 28.0. The molecule has 1 aromatic heterocycles. The molecular weight excluding hydrogens is 302 g/mol. The lowest BCUT2D eigenvalue weighted by molar-refractivity contribution is 0.0706. The maximum absolute atomic E-state index is 13.0. The van der Waals surface area contributed by atoms with Gasteiger partial charge < -0.3 is 9.80 Å². The summed E-state index contributed by atoms with van der Waals surface area (Å²) in [6.07, 6.45) is 7.76. The van der Waals surface area contributed by atoms with Crippen LogP contribution in [0.2, 0.25) is 0 Å². The first kappa shape index (κ1) is 15.8. The Morgan fingerprint density at radius 1 is 1.08 bits per heavy atom. The molecule has 0 saturated carbocycles. The van der Waals surface area contributed by atoms with Crippen LogP contribution in [0.1, 0.15) is 49.5 Å². The number of aromatic nitrogens is 2. The molecule has 0 aliphatic carbocycles. The molecule has 1 amide bonds. The van der Waals surface area contributed by atoms with Gasteiger partial charge in [-0.2, -0.15) is 0 Å². The zero-order chi connectivity index (χ0) is 16.5. The summed E-state index contributed by atoms with van der Waals surface area (Å²) >= 11 is 0. The van der Waals surface area contributed by atoms with Crippen molar-refractivity contribution in [1.29, 1.82) is 0 Å². The lowest BCUT2D eigenvalue weighted by atomic mass is 10.1. The van der Waals surface area contributed by atoms with Crippen LogP contribution >= 0.6 is 0 Å². The largest absolute Gasteiger partial charge is 0.341 e. The molecule has 2 atom stereocenters. The van der Waals surface area contributed by atoms with Gasteiger partial charge in [-0.15, -0.1) is 0 Å². The topological polar surface area (TPSA) is 52.6 Å². The van der Waals surface area contributed by atoms with Crippen molar-refractivity contribution in [3.05, 3.63) is 18.0 Å². The minimum atomic E-state index is 0.0621. The van der Waals surface area contributed by atoms with Gasteiger partial charge in [0.25, 0.3) is 5.91 Å². The molecule has 2 unspecified atom stereocenters. The average molecular weight is 329 g/mol. The van der Waals surface area contributed by atoms with Crippen LogP contribution in [0.4, 0.5) is 5.95 Å². The van der Waals surface area contributed by atoms with Gasteiger partial charge in [0, 0.05) is 37.9 Å². The monoisotopic (exact) mass is 329 g/mol. The Balaban J connectivity index is 1.48. The highest BCUT2D eigenvalue weighted by molar-refractivity contribution is 5.93. The van der Waals surface area contributed by atoms with Crippen molar-refractivity contribution in [2.75, 3.05) is 37.6 Å². The zero-order valence-corrected chi connectivity index (χ0v) is 14.5. The van der Waals surface area contributed by atoms with Crippen LogP contribution in [0.25, 0.3) is 0 Å². The Labute approximate surface area is 143 Å². The summed E-state index contributed by atoms with van der Waals surface area (Å²) in [5.74, 6) is 0.772. The Morgan fingerprint density at radius 3 is 2.54 bits per heavy atom. The van der Waals surface area contributed by atoms with Gasteiger partial charge in [-0.1, -0.05) is 0 Å². The second-order valence-electron chi connectivity index (χ2n) is 7.27. The van der Waals surface area contributed by atoms with Crippen molar-refractivity contribution >= 4 is 11.9 Å². The van der Waals surface area contributed by atoms with Gasteiger partial charge in [0.15, 0.2) is 0 Å². The smallest absolute Gasteiger partial charge is 0.272 e. The fourth-order valence-corrected chi connectivity index (χ4v) is 4.46. The molecule has 6 nitrogen and oxygen atoms in total. The van der Waals surface area contributed by atoms with Crippen molar-refractivity contribution in [1.82, 2.24) is 19.8 Å². The number of rotatable bonds is 3. The summed E-state index contributed by atoms with van der Waals surface area (Å²) < 4.78 is 0. The van der Waals surface area contributed by atoms with Crippen LogP contribution in [0.3, 0.4) is 0 Å². The van der Waals surface area contributed by atoms with E-state index in [0.717, 1.165) is 26.1 Å². The van der Waals surface area contributed by atoms with Crippen molar-refractivity contribution in [3.63, 3.8) is 0 Å². The van der Waals surface area contributed by atoms with Crippen LogP contribution in [0.15, 0.2) is 12.3 Å². The first-order chi connectivity index (χ1) is 11.7. The fraction of sp³-hybridized carbons (Fsp3) is 0.722. The number of hydrogen-bond acceptors (Lipinski definition) is 5. The highest BCUT2D eigenvalue weighted by Crippen LogP contribution is 2.27. The van der Waals surface area contributed by atoms with Crippen LogP contribution in [-0.4, -0.2) is 70.5 Å². The molecule has 0 aromatic carbocycles. The van der Waals surface area contributed by atoms with Crippen LogP contribution in [0, 0.1) is 0 Å². The number of likely N-dealkylation sites (tertiary alicyclic amines) is 2. The lowest BCUT2D eigenvalue weighted by Gasteiger charge is -2.30. The third-order valence-corrected chi connectivity index (χ3v) is 5.84.